The molecule has 21 heavy (non-hydrogen) atoms. The monoisotopic (exact) mass is 327 g/mol. The maximum atomic E-state index is 13.4. The van der Waals surface area contributed by atoms with Gasteiger partial charge in [0, 0.05) is 11.6 Å². The first-order valence-electron chi connectivity index (χ1n) is 6.70. The number of halogens is 3. The van der Waals surface area contributed by atoms with E-state index in [1.807, 2.05) is 13.0 Å². The fourth-order valence-corrected chi connectivity index (χ4v) is 2.11. The summed E-state index contributed by atoms with van der Waals surface area (Å²) in [6.07, 6.45) is 0.921. The third-order valence-electron chi connectivity index (χ3n) is 2.87. The number of hydrogen-bond acceptors (Lipinski definition) is 2. The van der Waals surface area contributed by atoms with Crippen LogP contribution in [0.3, 0.4) is 0 Å². The van der Waals surface area contributed by atoms with E-state index in [-0.39, 0.29) is 5.02 Å². The van der Waals surface area contributed by atoms with Gasteiger partial charge in [-0.05, 0) is 42.3 Å². The summed E-state index contributed by atoms with van der Waals surface area (Å²) in [6, 6.07) is 10.1. The summed E-state index contributed by atoms with van der Waals surface area (Å²) in [4.78, 5) is 0. The van der Waals surface area contributed by atoms with Gasteiger partial charge in [-0.1, -0.05) is 36.2 Å². The Balaban J connectivity index is 2.10. The minimum Gasteiger partial charge on any atom is -0.491 e. The standard InChI is InChI=1S/C16H16Cl2FNO/c1-2-7-21-16-6-4-12(17)9-15(16)20-10-11-3-5-13(18)14(19)8-11/h3-6,8-9,20H,2,7,10H2,1H3. The van der Waals surface area contributed by atoms with Crippen molar-refractivity contribution in [3.8, 4) is 5.75 Å². The molecule has 0 amide bonds. The topological polar surface area (TPSA) is 21.3 Å². The Morgan fingerprint density at radius 2 is 1.95 bits per heavy atom. The molecule has 112 valence electrons. The van der Waals surface area contributed by atoms with Crippen molar-refractivity contribution in [1.82, 2.24) is 0 Å². The molecule has 0 bridgehead atoms. The van der Waals surface area contributed by atoms with Gasteiger partial charge in [0.25, 0.3) is 0 Å². The quantitative estimate of drug-likeness (QED) is 0.752. The van der Waals surface area contributed by atoms with Crippen molar-refractivity contribution in [2.75, 3.05) is 11.9 Å². The lowest BCUT2D eigenvalue weighted by atomic mass is 10.2. The molecule has 2 aromatic rings. The first kappa shape index (κ1) is 15.9. The smallest absolute Gasteiger partial charge is 0.142 e. The van der Waals surface area contributed by atoms with Crippen molar-refractivity contribution in [1.29, 1.82) is 0 Å². The van der Waals surface area contributed by atoms with E-state index in [0.29, 0.717) is 18.2 Å². The molecule has 0 heterocycles. The van der Waals surface area contributed by atoms with Gasteiger partial charge in [-0.2, -0.15) is 0 Å². The molecule has 2 nitrogen and oxygen atoms in total. The number of benzene rings is 2. The Morgan fingerprint density at radius 1 is 1.14 bits per heavy atom. The molecule has 0 unspecified atom stereocenters. The van der Waals surface area contributed by atoms with Crippen LogP contribution in [0.4, 0.5) is 10.1 Å². The summed E-state index contributed by atoms with van der Waals surface area (Å²) in [5.74, 6) is 0.306. The molecule has 0 radical (unpaired) electrons. The highest BCUT2D eigenvalue weighted by Crippen LogP contribution is 2.29. The molecule has 0 aliphatic carbocycles. The molecular weight excluding hydrogens is 312 g/mol. The zero-order valence-electron chi connectivity index (χ0n) is 11.6. The van der Waals surface area contributed by atoms with Crippen LogP contribution in [0.25, 0.3) is 0 Å². The van der Waals surface area contributed by atoms with Crippen molar-refractivity contribution in [3.63, 3.8) is 0 Å². The molecule has 5 heteroatoms. The Hall–Kier alpha value is -1.45. The normalized spacial score (nSPS) is 10.5. The van der Waals surface area contributed by atoms with Crippen LogP contribution in [-0.2, 0) is 6.54 Å². The van der Waals surface area contributed by atoms with Crippen LogP contribution in [0.2, 0.25) is 10.0 Å². The third kappa shape index (κ3) is 4.51. The highest BCUT2D eigenvalue weighted by Gasteiger charge is 2.06. The molecule has 2 aromatic carbocycles. The van der Waals surface area contributed by atoms with Crippen LogP contribution in [-0.4, -0.2) is 6.61 Å². The van der Waals surface area contributed by atoms with Crippen molar-refractivity contribution >= 4 is 28.9 Å². The number of hydrogen-bond donors (Lipinski definition) is 1. The van der Waals surface area contributed by atoms with Gasteiger partial charge in [0.1, 0.15) is 11.6 Å². The van der Waals surface area contributed by atoms with Crippen molar-refractivity contribution in [2.24, 2.45) is 0 Å². The van der Waals surface area contributed by atoms with Gasteiger partial charge in [-0.15, -0.1) is 0 Å². The molecule has 0 saturated carbocycles. The van der Waals surface area contributed by atoms with E-state index in [9.17, 15) is 4.39 Å². The lowest BCUT2D eigenvalue weighted by Gasteiger charge is -2.13. The molecule has 0 aliphatic heterocycles. The number of rotatable bonds is 6. The predicted molar refractivity (Wildman–Crippen MR) is 86.0 cm³/mol. The van der Waals surface area contributed by atoms with Crippen molar-refractivity contribution < 1.29 is 9.13 Å². The van der Waals surface area contributed by atoms with Crippen LogP contribution in [0.5, 0.6) is 5.75 Å². The Kier molecular flexibility index (Phi) is 5.71. The molecule has 1 N–H and O–H groups in total. The molecule has 0 spiro atoms. The van der Waals surface area contributed by atoms with Crippen molar-refractivity contribution in [2.45, 2.75) is 19.9 Å². The summed E-state index contributed by atoms with van der Waals surface area (Å²) in [5.41, 5.74) is 1.57. The van der Waals surface area contributed by atoms with E-state index in [0.717, 1.165) is 23.4 Å². The summed E-state index contributed by atoms with van der Waals surface area (Å²) in [6.45, 7) is 3.13. The second kappa shape index (κ2) is 7.53. The van der Waals surface area contributed by atoms with Crippen LogP contribution >= 0.6 is 23.2 Å². The predicted octanol–water partition coefficient (Wildman–Crippen LogP) is 5.53. The maximum Gasteiger partial charge on any atom is 0.142 e. The highest BCUT2D eigenvalue weighted by atomic mass is 35.5. The second-order valence-electron chi connectivity index (χ2n) is 4.59. The molecule has 0 aromatic heterocycles. The average Bonchev–Trinajstić information content (AvgIpc) is 2.47. The van der Waals surface area contributed by atoms with Crippen LogP contribution in [0.15, 0.2) is 36.4 Å². The Morgan fingerprint density at radius 3 is 2.67 bits per heavy atom. The fourth-order valence-electron chi connectivity index (χ4n) is 1.83. The van der Waals surface area contributed by atoms with Crippen LogP contribution in [0, 0.1) is 5.82 Å². The first-order valence-corrected chi connectivity index (χ1v) is 7.46. The lowest BCUT2D eigenvalue weighted by molar-refractivity contribution is 0.319. The van der Waals surface area contributed by atoms with E-state index in [4.69, 9.17) is 27.9 Å². The molecule has 0 aliphatic rings. The first-order chi connectivity index (χ1) is 10.1. The highest BCUT2D eigenvalue weighted by molar-refractivity contribution is 6.31. The minimum absolute atomic E-state index is 0.119. The summed E-state index contributed by atoms with van der Waals surface area (Å²) in [7, 11) is 0. The van der Waals surface area contributed by atoms with Gasteiger partial charge in [0.2, 0.25) is 0 Å². The fraction of sp³-hybridized carbons (Fsp3) is 0.250. The van der Waals surface area contributed by atoms with Crippen LogP contribution < -0.4 is 10.1 Å². The van der Waals surface area contributed by atoms with E-state index >= 15 is 0 Å². The zero-order chi connectivity index (χ0) is 15.2. The second-order valence-corrected chi connectivity index (χ2v) is 5.43. The largest absolute Gasteiger partial charge is 0.491 e. The Bertz CT molecular complexity index is 619. The number of anilines is 1. The maximum absolute atomic E-state index is 13.4. The van der Waals surface area contributed by atoms with E-state index < -0.39 is 5.82 Å². The SMILES string of the molecule is CCCOc1ccc(Cl)cc1NCc1ccc(Cl)c(F)c1. The van der Waals surface area contributed by atoms with Gasteiger partial charge >= 0.3 is 0 Å². The van der Waals surface area contributed by atoms with Gasteiger partial charge in [-0.3, -0.25) is 0 Å². The van der Waals surface area contributed by atoms with Gasteiger partial charge in [0.05, 0.1) is 17.3 Å². The van der Waals surface area contributed by atoms with Crippen LogP contribution in [0.1, 0.15) is 18.9 Å². The lowest BCUT2D eigenvalue weighted by Crippen LogP contribution is -2.04. The third-order valence-corrected chi connectivity index (χ3v) is 3.41. The number of ether oxygens (including phenoxy) is 1. The minimum atomic E-state index is -0.426. The van der Waals surface area contributed by atoms with E-state index in [1.165, 1.54) is 6.07 Å². The Labute approximate surface area is 133 Å². The van der Waals surface area contributed by atoms with Gasteiger partial charge < -0.3 is 10.1 Å². The molecule has 2 rings (SSSR count). The molecule has 0 saturated heterocycles. The van der Waals surface area contributed by atoms with E-state index in [2.05, 4.69) is 5.32 Å². The molecule has 0 atom stereocenters. The summed E-state index contributed by atoms with van der Waals surface area (Å²) >= 11 is 11.7. The molecular formula is C16H16Cl2FNO. The van der Waals surface area contributed by atoms with Gasteiger partial charge in [0.15, 0.2) is 0 Å². The number of nitrogens with one attached hydrogen (secondary N) is 1. The van der Waals surface area contributed by atoms with E-state index in [1.54, 1.807) is 24.3 Å². The summed E-state index contributed by atoms with van der Waals surface area (Å²) in [5, 5.41) is 3.94. The van der Waals surface area contributed by atoms with Crippen molar-refractivity contribution in [3.05, 3.63) is 57.8 Å². The zero-order valence-corrected chi connectivity index (χ0v) is 13.1. The summed E-state index contributed by atoms with van der Waals surface area (Å²) < 4.78 is 19.1. The molecule has 0 fully saturated rings. The average molecular weight is 328 g/mol. The van der Waals surface area contributed by atoms with Gasteiger partial charge in [-0.25, -0.2) is 4.39 Å².